The third kappa shape index (κ3) is 3.56. The van der Waals surface area contributed by atoms with Crippen molar-refractivity contribution in [3.8, 4) is 0 Å². The van der Waals surface area contributed by atoms with Gasteiger partial charge in [0.05, 0.1) is 17.2 Å². The standard InChI is InChI=1S/C19H26N4O2.Li/c1-2-23-17-5-3-4-14(19(24)25)18(17)15(21-23)6-9-20-16-12-22-10-7-13(16)8-11-22;/h3-5,13,16,20H,2,6-12H2,1H3,(H,24,25);/q;+1/p-1/t16-;/m1./s1. The Kier molecular flexibility index (Phi) is 6.09. The number of aryl methyl sites for hydroxylation is 1. The van der Waals surface area contributed by atoms with Crippen molar-refractivity contribution in [2.75, 3.05) is 26.2 Å². The van der Waals surface area contributed by atoms with Crippen LogP contribution in [-0.2, 0) is 13.0 Å². The van der Waals surface area contributed by atoms with E-state index < -0.39 is 5.97 Å². The number of carboxylic acids is 1. The van der Waals surface area contributed by atoms with Gasteiger partial charge >= 0.3 is 18.9 Å². The summed E-state index contributed by atoms with van der Waals surface area (Å²) in [6.07, 6.45) is 3.32. The van der Waals surface area contributed by atoms with Crippen LogP contribution in [0, 0.1) is 5.92 Å². The average Bonchev–Trinajstić information content (AvgIpc) is 3.01. The molecule has 1 aromatic heterocycles. The van der Waals surface area contributed by atoms with E-state index in [9.17, 15) is 9.90 Å². The minimum atomic E-state index is -1.13. The summed E-state index contributed by atoms with van der Waals surface area (Å²) in [5.74, 6) is -0.346. The molecule has 0 unspecified atom stereocenters. The van der Waals surface area contributed by atoms with Crippen LogP contribution in [0.3, 0.4) is 0 Å². The van der Waals surface area contributed by atoms with Crippen LogP contribution in [0.1, 0.15) is 35.8 Å². The fraction of sp³-hybridized carbons (Fsp3) is 0.579. The molecule has 134 valence electrons. The van der Waals surface area contributed by atoms with E-state index in [1.807, 2.05) is 17.7 Å². The first-order valence-electron chi connectivity index (χ1n) is 9.33. The Morgan fingerprint density at radius 1 is 1.35 bits per heavy atom. The summed E-state index contributed by atoms with van der Waals surface area (Å²) in [6, 6.07) is 5.87. The van der Waals surface area contributed by atoms with Crippen molar-refractivity contribution in [1.82, 2.24) is 20.0 Å². The summed E-state index contributed by atoms with van der Waals surface area (Å²) in [5, 5.41) is 20.6. The first kappa shape index (κ1) is 19.4. The summed E-state index contributed by atoms with van der Waals surface area (Å²) >= 11 is 0. The molecular formula is C19H25LiN4O2. The van der Waals surface area contributed by atoms with Crippen LogP contribution in [0.25, 0.3) is 10.9 Å². The fourth-order valence-electron chi connectivity index (χ4n) is 4.47. The van der Waals surface area contributed by atoms with E-state index >= 15 is 0 Å². The zero-order valence-corrected chi connectivity index (χ0v) is 15.7. The van der Waals surface area contributed by atoms with Crippen molar-refractivity contribution in [3.05, 3.63) is 29.5 Å². The van der Waals surface area contributed by atoms with Gasteiger partial charge in [0.1, 0.15) is 0 Å². The average molecular weight is 348 g/mol. The van der Waals surface area contributed by atoms with Crippen molar-refractivity contribution in [1.29, 1.82) is 0 Å². The van der Waals surface area contributed by atoms with Gasteiger partial charge in [0.25, 0.3) is 0 Å². The van der Waals surface area contributed by atoms with Crippen LogP contribution < -0.4 is 29.3 Å². The van der Waals surface area contributed by atoms with Crippen LogP contribution in [0.2, 0.25) is 0 Å². The van der Waals surface area contributed by atoms with Gasteiger partial charge in [0.2, 0.25) is 0 Å². The molecule has 3 saturated heterocycles. The quantitative estimate of drug-likeness (QED) is 0.592. The maximum absolute atomic E-state index is 11.5. The number of benzene rings is 1. The topological polar surface area (TPSA) is 73.2 Å². The molecule has 2 aromatic rings. The van der Waals surface area contributed by atoms with Gasteiger partial charge in [-0.3, -0.25) is 4.68 Å². The van der Waals surface area contributed by atoms with Crippen LogP contribution in [0.4, 0.5) is 0 Å². The molecule has 3 aliphatic heterocycles. The van der Waals surface area contributed by atoms with Crippen LogP contribution in [-0.4, -0.2) is 52.9 Å². The number of carbonyl (C=O) groups excluding carboxylic acids is 1. The van der Waals surface area contributed by atoms with E-state index in [2.05, 4.69) is 15.3 Å². The van der Waals surface area contributed by atoms with Crippen molar-refractivity contribution in [3.63, 3.8) is 0 Å². The van der Waals surface area contributed by atoms with Crippen molar-refractivity contribution in [2.45, 2.75) is 38.8 Å². The molecular weight excluding hydrogens is 323 g/mol. The number of hydrogen-bond acceptors (Lipinski definition) is 5. The van der Waals surface area contributed by atoms with E-state index in [0.29, 0.717) is 6.04 Å². The summed E-state index contributed by atoms with van der Waals surface area (Å²) in [5.41, 5.74) is 1.97. The molecule has 0 saturated carbocycles. The minimum Gasteiger partial charge on any atom is -0.545 e. The van der Waals surface area contributed by atoms with Crippen LogP contribution in [0.5, 0.6) is 0 Å². The second-order valence-corrected chi connectivity index (χ2v) is 7.20. The maximum atomic E-state index is 11.5. The van der Waals surface area contributed by atoms with Crippen LogP contribution >= 0.6 is 0 Å². The van der Waals surface area contributed by atoms with E-state index in [4.69, 9.17) is 0 Å². The van der Waals surface area contributed by atoms with E-state index in [-0.39, 0.29) is 24.4 Å². The third-order valence-corrected chi connectivity index (χ3v) is 5.79. The van der Waals surface area contributed by atoms with Crippen molar-refractivity contribution < 1.29 is 28.8 Å². The van der Waals surface area contributed by atoms with Gasteiger partial charge in [-0.15, -0.1) is 0 Å². The molecule has 0 aliphatic carbocycles. The zero-order valence-electron chi connectivity index (χ0n) is 15.7. The second-order valence-electron chi connectivity index (χ2n) is 7.20. The molecule has 3 aliphatic rings. The number of hydrogen-bond donors (Lipinski definition) is 1. The number of piperidine rings is 3. The van der Waals surface area contributed by atoms with Gasteiger partial charge in [-0.1, -0.05) is 12.1 Å². The third-order valence-electron chi connectivity index (χ3n) is 5.79. The number of fused-ring (bicyclic) bond motifs is 4. The predicted molar refractivity (Wildman–Crippen MR) is 94.4 cm³/mol. The Morgan fingerprint density at radius 3 is 2.73 bits per heavy atom. The Hall–Kier alpha value is -1.32. The normalized spacial score (nSPS) is 24.6. The number of aromatic nitrogens is 2. The summed E-state index contributed by atoms with van der Waals surface area (Å²) in [7, 11) is 0. The Labute approximate surface area is 166 Å². The molecule has 0 spiro atoms. The monoisotopic (exact) mass is 348 g/mol. The van der Waals surface area contributed by atoms with Gasteiger partial charge in [-0.05, 0) is 44.8 Å². The number of carbonyl (C=O) groups is 1. The Balaban J connectivity index is 0.00000196. The molecule has 1 N–H and O–H groups in total. The molecule has 0 radical (unpaired) electrons. The largest absolute Gasteiger partial charge is 1.00 e. The second kappa shape index (κ2) is 8.14. The van der Waals surface area contributed by atoms with Gasteiger partial charge in [0, 0.05) is 43.0 Å². The molecule has 1 atom stereocenters. The molecule has 1 aromatic carbocycles. The Bertz CT molecular complexity index is 783. The summed E-state index contributed by atoms with van der Waals surface area (Å²) in [6.45, 7) is 7.19. The molecule has 3 fully saturated rings. The number of nitrogens with one attached hydrogen (secondary N) is 1. The molecule has 2 bridgehead atoms. The number of carboxylic acid groups (broad SMARTS) is 1. The van der Waals surface area contributed by atoms with Gasteiger partial charge < -0.3 is 20.1 Å². The smallest absolute Gasteiger partial charge is 0.545 e. The summed E-state index contributed by atoms with van der Waals surface area (Å²) in [4.78, 5) is 14.0. The molecule has 5 rings (SSSR count). The zero-order chi connectivity index (χ0) is 17.4. The van der Waals surface area contributed by atoms with Gasteiger partial charge in [-0.25, -0.2) is 0 Å². The molecule has 6 nitrogen and oxygen atoms in total. The summed E-state index contributed by atoms with van der Waals surface area (Å²) < 4.78 is 1.88. The first-order valence-corrected chi connectivity index (χ1v) is 9.33. The van der Waals surface area contributed by atoms with Gasteiger partial charge in [-0.2, -0.15) is 5.10 Å². The molecule has 0 amide bonds. The fourth-order valence-corrected chi connectivity index (χ4v) is 4.47. The maximum Gasteiger partial charge on any atom is 1.00 e. The number of rotatable bonds is 6. The minimum absolute atomic E-state index is 0. The van der Waals surface area contributed by atoms with Gasteiger partial charge in [0.15, 0.2) is 0 Å². The molecule has 26 heavy (non-hydrogen) atoms. The molecule has 7 heteroatoms. The predicted octanol–water partition coefficient (Wildman–Crippen LogP) is -2.35. The number of nitrogens with zero attached hydrogens (tertiary/aromatic N) is 3. The van der Waals surface area contributed by atoms with E-state index in [0.717, 1.165) is 48.6 Å². The van der Waals surface area contributed by atoms with Crippen LogP contribution in [0.15, 0.2) is 18.2 Å². The first-order chi connectivity index (χ1) is 12.2. The van der Waals surface area contributed by atoms with E-state index in [1.165, 1.54) is 25.9 Å². The Morgan fingerprint density at radius 2 is 2.12 bits per heavy atom. The number of aromatic carboxylic acids is 1. The molecule has 4 heterocycles. The van der Waals surface area contributed by atoms with Crippen molar-refractivity contribution >= 4 is 16.9 Å². The van der Waals surface area contributed by atoms with Crippen molar-refractivity contribution in [2.24, 2.45) is 5.92 Å². The van der Waals surface area contributed by atoms with E-state index in [1.54, 1.807) is 12.1 Å². The SMILES string of the molecule is CCn1nc(CCN[C@@H]2CN3CCC2CC3)c2c(C(=O)[O-])cccc21.[Li+].